The Bertz CT molecular complexity index is 148. The molecule has 1 unspecified atom stereocenters. The fourth-order valence-electron chi connectivity index (χ4n) is 1.14. The molecule has 0 saturated heterocycles. The highest BCUT2D eigenvalue weighted by Gasteiger charge is 2.07. The molecule has 0 aromatic rings. The second-order valence-corrected chi connectivity index (χ2v) is 3.83. The maximum absolute atomic E-state index is 11.2. The molecule has 0 bridgehead atoms. The molecule has 0 aliphatic rings. The van der Waals surface area contributed by atoms with E-state index in [2.05, 4.69) is 6.92 Å². The minimum absolute atomic E-state index is 0.112. The van der Waals surface area contributed by atoms with Gasteiger partial charge in [0.25, 0.3) is 0 Å². The van der Waals surface area contributed by atoms with Gasteiger partial charge in [0.05, 0.1) is 6.61 Å². The molecular formula is C11H23NO2. The number of carbonyl (C=O) groups is 1. The number of rotatable bonds is 8. The van der Waals surface area contributed by atoms with Crippen LogP contribution in [0.2, 0.25) is 0 Å². The van der Waals surface area contributed by atoms with Crippen molar-refractivity contribution in [2.24, 2.45) is 11.7 Å². The second kappa shape index (κ2) is 9.00. The molecule has 2 N–H and O–H groups in total. The van der Waals surface area contributed by atoms with Gasteiger partial charge in [0.15, 0.2) is 0 Å². The van der Waals surface area contributed by atoms with E-state index in [1.807, 2.05) is 6.92 Å². The molecule has 3 nitrogen and oxygen atoms in total. The Hall–Kier alpha value is -0.570. The van der Waals surface area contributed by atoms with Crippen LogP contribution in [0.5, 0.6) is 0 Å². The Labute approximate surface area is 87.0 Å². The van der Waals surface area contributed by atoms with E-state index in [4.69, 9.17) is 10.5 Å². The van der Waals surface area contributed by atoms with Gasteiger partial charge in [0.1, 0.15) is 0 Å². The summed E-state index contributed by atoms with van der Waals surface area (Å²) in [6.45, 7) is 5.23. The number of nitrogens with two attached hydrogens (primary N) is 1. The minimum Gasteiger partial charge on any atom is -0.466 e. The van der Waals surface area contributed by atoms with Crippen molar-refractivity contribution in [2.75, 3.05) is 13.2 Å². The van der Waals surface area contributed by atoms with Crippen LogP contribution in [0.25, 0.3) is 0 Å². The zero-order valence-electron chi connectivity index (χ0n) is 9.42. The molecule has 0 rings (SSSR count). The van der Waals surface area contributed by atoms with Gasteiger partial charge in [-0.2, -0.15) is 0 Å². The largest absolute Gasteiger partial charge is 0.466 e. The van der Waals surface area contributed by atoms with Crippen molar-refractivity contribution < 1.29 is 9.53 Å². The molecule has 0 fully saturated rings. The van der Waals surface area contributed by atoms with Crippen LogP contribution in [0.4, 0.5) is 0 Å². The summed E-state index contributed by atoms with van der Waals surface area (Å²) in [6, 6.07) is 0. The Morgan fingerprint density at radius 1 is 1.36 bits per heavy atom. The van der Waals surface area contributed by atoms with Gasteiger partial charge in [-0.3, -0.25) is 4.79 Å². The first-order chi connectivity index (χ1) is 6.70. The van der Waals surface area contributed by atoms with Crippen molar-refractivity contribution in [3.8, 4) is 0 Å². The Kier molecular flexibility index (Phi) is 8.64. The smallest absolute Gasteiger partial charge is 0.306 e. The highest BCUT2D eigenvalue weighted by Crippen LogP contribution is 2.03. The molecule has 0 heterocycles. The molecule has 0 aromatic carbocycles. The minimum atomic E-state index is -0.112. The number of ether oxygens (including phenoxy) is 1. The van der Waals surface area contributed by atoms with Crippen molar-refractivity contribution in [2.45, 2.75) is 46.0 Å². The molecule has 0 aromatic heterocycles. The maximum atomic E-state index is 11.2. The molecule has 14 heavy (non-hydrogen) atoms. The summed E-state index contributed by atoms with van der Waals surface area (Å²) in [6.07, 6.45) is 5.01. The van der Waals surface area contributed by atoms with Crippen LogP contribution in [0.1, 0.15) is 46.0 Å². The van der Waals surface area contributed by atoms with Crippen molar-refractivity contribution in [1.29, 1.82) is 0 Å². The zero-order chi connectivity index (χ0) is 10.8. The number of esters is 1. The lowest BCUT2D eigenvalue weighted by Gasteiger charge is -2.08. The normalized spacial score (nSPS) is 12.5. The summed E-state index contributed by atoms with van der Waals surface area (Å²) in [5, 5.41) is 0. The Balaban J connectivity index is 3.27. The van der Waals surface area contributed by atoms with Gasteiger partial charge >= 0.3 is 5.97 Å². The van der Waals surface area contributed by atoms with E-state index < -0.39 is 0 Å². The van der Waals surface area contributed by atoms with Crippen LogP contribution in [-0.2, 0) is 9.53 Å². The quantitative estimate of drug-likeness (QED) is 0.483. The van der Waals surface area contributed by atoms with Crippen LogP contribution < -0.4 is 5.73 Å². The molecule has 0 aliphatic heterocycles. The summed E-state index contributed by atoms with van der Waals surface area (Å²) in [5.41, 5.74) is 5.41. The third-order valence-electron chi connectivity index (χ3n) is 2.18. The molecule has 3 heteroatoms. The molecule has 0 saturated carbocycles. The number of hydrogen-bond acceptors (Lipinski definition) is 3. The molecule has 1 atom stereocenters. The van der Waals surface area contributed by atoms with Crippen LogP contribution in [-0.4, -0.2) is 19.1 Å². The average molecular weight is 201 g/mol. The van der Waals surface area contributed by atoms with Gasteiger partial charge < -0.3 is 10.5 Å². The number of hydrogen-bond donors (Lipinski definition) is 1. The van der Waals surface area contributed by atoms with E-state index in [1.165, 1.54) is 12.8 Å². The fourth-order valence-corrected chi connectivity index (χ4v) is 1.14. The number of carbonyl (C=O) groups excluding carboxylic acids is 1. The molecule has 0 amide bonds. The maximum Gasteiger partial charge on any atom is 0.306 e. The van der Waals surface area contributed by atoms with Gasteiger partial charge in [-0.15, -0.1) is 0 Å². The lowest BCUT2D eigenvalue weighted by Crippen LogP contribution is -2.17. The molecular weight excluding hydrogens is 178 g/mol. The van der Waals surface area contributed by atoms with Crippen LogP contribution in [0, 0.1) is 5.92 Å². The van der Waals surface area contributed by atoms with Crippen molar-refractivity contribution >= 4 is 5.97 Å². The van der Waals surface area contributed by atoms with Gasteiger partial charge in [-0.05, 0) is 18.9 Å². The third-order valence-corrected chi connectivity index (χ3v) is 2.18. The van der Waals surface area contributed by atoms with E-state index in [0.29, 0.717) is 19.6 Å². The van der Waals surface area contributed by atoms with Crippen molar-refractivity contribution in [3.05, 3.63) is 0 Å². The van der Waals surface area contributed by atoms with E-state index in [1.54, 1.807) is 0 Å². The van der Waals surface area contributed by atoms with E-state index in [0.717, 1.165) is 12.8 Å². The average Bonchev–Trinajstić information content (AvgIpc) is 2.17. The van der Waals surface area contributed by atoms with Crippen LogP contribution >= 0.6 is 0 Å². The topological polar surface area (TPSA) is 52.3 Å². The predicted molar refractivity (Wildman–Crippen MR) is 57.9 cm³/mol. The predicted octanol–water partition coefficient (Wildman–Crippen LogP) is 2.09. The molecule has 0 radical (unpaired) electrons. The monoisotopic (exact) mass is 201 g/mol. The standard InChI is InChI=1S/C11H23NO2/c1-3-4-5-6-7-14-11(13)8-10(2)9-12/h10H,3-9,12H2,1-2H3. The first-order valence-electron chi connectivity index (χ1n) is 5.56. The summed E-state index contributed by atoms with van der Waals surface area (Å²) < 4.78 is 5.07. The van der Waals surface area contributed by atoms with E-state index in [9.17, 15) is 4.79 Å². The second-order valence-electron chi connectivity index (χ2n) is 3.83. The Morgan fingerprint density at radius 2 is 2.07 bits per heavy atom. The molecule has 0 spiro atoms. The van der Waals surface area contributed by atoms with Crippen molar-refractivity contribution in [1.82, 2.24) is 0 Å². The summed E-state index contributed by atoms with van der Waals surface area (Å²) in [7, 11) is 0. The Morgan fingerprint density at radius 3 is 2.64 bits per heavy atom. The van der Waals surface area contributed by atoms with Crippen molar-refractivity contribution in [3.63, 3.8) is 0 Å². The van der Waals surface area contributed by atoms with E-state index in [-0.39, 0.29) is 11.9 Å². The van der Waals surface area contributed by atoms with Gasteiger partial charge in [-0.25, -0.2) is 0 Å². The molecule has 84 valence electrons. The summed E-state index contributed by atoms with van der Waals surface area (Å²) in [4.78, 5) is 11.2. The van der Waals surface area contributed by atoms with Gasteiger partial charge in [-0.1, -0.05) is 33.1 Å². The SMILES string of the molecule is CCCCCCOC(=O)CC(C)CN. The number of unbranched alkanes of at least 4 members (excludes halogenated alkanes) is 3. The highest BCUT2D eigenvalue weighted by atomic mass is 16.5. The van der Waals surface area contributed by atoms with Gasteiger partial charge in [0.2, 0.25) is 0 Å². The molecule has 0 aliphatic carbocycles. The summed E-state index contributed by atoms with van der Waals surface area (Å²) in [5.74, 6) is 0.123. The lowest BCUT2D eigenvalue weighted by molar-refractivity contribution is -0.144. The lowest BCUT2D eigenvalue weighted by atomic mass is 10.1. The fraction of sp³-hybridized carbons (Fsp3) is 0.909. The zero-order valence-corrected chi connectivity index (χ0v) is 9.42. The highest BCUT2D eigenvalue weighted by molar-refractivity contribution is 5.69. The first kappa shape index (κ1) is 13.4. The van der Waals surface area contributed by atoms with Crippen LogP contribution in [0.3, 0.4) is 0 Å². The van der Waals surface area contributed by atoms with E-state index >= 15 is 0 Å². The third kappa shape index (κ3) is 8.05. The summed E-state index contributed by atoms with van der Waals surface area (Å²) >= 11 is 0. The van der Waals surface area contributed by atoms with Gasteiger partial charge in [0, 0.05) is 6.42 Å². The first-order valence-corrected chi connectivity index (χ1v) is 5.56. The van der Waals surface area contributed by atoms with Crippen LogP contribution in [0.15, 0.2) is 0 Å².